The van der Waals surface area contributed by atoms with E-state index >= 15 is 0 Å². The van der Waals surface area contributed by atoms with Gasteiger partial charge in [-0.3, -0.25) is 24.0 Å². The highest BCUT2D eigenvalue weighted by molar-refractivity contribution is 6.32. The smallest absolute Gasteiger partial charge is 0.235 e. The fraction of sp³-hybridized carbons (Fsp3) is 0.269. The molecule has 2 unspecified atom stereocenters. The van der Waals surface area contributed by atoms with Gasteiger partial charge in [0.25, 0.3) is 0 Å². The first-order valence-corrected chi connectivity index (χ1v) is 11.6. The molecule has 0 bridgehead atoms. The Hall–Kier alpha value is -4.30. The van der Waals surface area contributed by atoms with E-state index in [1.54, 1.807) is 0 Å². The summed E-state index contributed by atoms with van der Waals surface area (Å²) in [6.45, 7) is 0. The highest BCUT2D eigenvalue weighted by atomic mass is 19.2. The van der Waals surface area contributed by atoms with Crippen LogP contribution in [-0.2, 0) is 19.2 Å². The molecule has 2 aromatic carbocycles. The zero-order chi connectivity index (χ0) is 29.6. The zero-order valence-electron chi connectivity index (χ0n) is 19.8. The average Bonchev–Trinajstić information content (AvgIpc) is 2.90. The number of primary amides is 1. The second kappa shape index (κ2) is 8.86. The number of Topliss-reactive ketones (excluding diaryl/α,β-unsaturated/α-hetero) is 4. The van der Waals surface area contributed by atoms with E-state index in [4.69, 9.17) is 5.73 Å². The van der Waals surface area contributed by atoms with Gasteiger partial charge in [-0.1, -0.05) is 12.1 Å². The standard InChI is InChI=1S/C26H16F5NO8/c27-16-8(17(28)19(30)20(31)18(16)29)4-7-6-2-1-3-10(33)12(6)22(36)15-13(7)21(35)9-5-11(34)14(25(32)39)23(37)26(9,40)24(15)38/h1-4,9,13-15,21,33,35,40H,5H2,(H2,32,39)/t9-,13-,14?,15?,21-,26-/m1/s1. The van der Waals surface area contributed by atoms with Gasteiger partial charge >= 0.3 is 0 Å². The summed E-state index contributed by atoms with van der Waals surface area (Å²) in [5, 5.41) is 33.0. The van der Waals surface area contributed by atoms with Crippen molar-refractivity contribution in [1.29, 1.82) is 0 Å². The molecule has 9 nitrogen and oxygen atoms in total. The summed E-state index contributed by atoms with van der Waals surface area (Å²) in [7, 11) is 0. The van der Waals surface area contributed by atoms with Gasteiger partial charge in [0.1, 0.15) is 5.75 Å². The van der Waals surface area contributed by atoms with Crippen molar-refractivity contribution >= 4 is 40.7 Å². The van der Waals surface area contributed by atoms with Crippen LogP contribution in [0.25, 0.3) is 11.6 Å². The van der Waals surface area contributed by atoms with Crippen molar-refractivity contribution < 1.29 is 61.2 Å². The molecule has 0 radical (unpaired) electrons. The van der Waals surface area contributed by atoms with E-state index < -0.39 is 122 Å². The fourth-order valence-corrected chi connectivity index (χ4v) is 5.94. The number of aliphatic hydroxyl groups is 2. The van der Waals surface area contributed by atoms with E-state index in [0.717, 1.165) is 18.2 Å². The largest absolute Gasteiger partial charge is 0.507 e. The van der Waals surface area contributed by atoms with Gasteiger partial charge < -0.3 is 21.1 Å². The van der Waals surface area contributed by atoms with Gasteiger partial charge in [0.2, 0.25) is 11.7 Å². The van der Waals surface area contributed by atoms with Gasteiger partial charge in [0, 0.05) is 18.3 Å². The molecule has 0 heterocycles. The maximum absolute atomic E-state index is 14.7. The third-order valence-electron chi connectivity index (χ3n) is 7.78. The lowest BCUT2D eigenvalue weighted by molar-refractivity contribution is -0.185. The molecule has 2 aromatic rings. The van der Waals surface area contributed by atoms with Crippen LogP contribution in [0.4, 0.5) is 22.0 Å². The molecular weight excluding hydrogens is 549 g/mol. The molecule has 0 aromatic heterocycles. The average molecular weight is 565 g/mol. The fourth-order valence-electron chi connectivity index (χ4n) is 5.94. The summed E-state index contributed by atoms with van der Waals surface area (Å²) in [5.41, 5.74) is -1.33. The minimum absolute atomic E-state index is 0.365. The third kappa shape index (κ3) is 3.35. The Morgan fingerprint density at radius 1 is 0.950 bits per heavy atom. The number of rotatable bonds is 2. The van der Waals surface area contributed by atoms with Crippen LogP contribution in [0.2, 0.25) is 0 Å². The SMILES string of the molecule is NC(=O)C1C(=O)C[C@@H]2[C@@H](O)[C@@H]3C(=Cc4c(F)c(F)c(F)c(F)c4F)c4cccc(O)c4C(=O)C3C(=O)[C@]2(O)C1=O. The maximum Gasteiger partial charge on any atom is 0.235 e. The second-order valence-electron chi connectivity index (χ2n) is 9.75. The predicted octanol–water partition coefficient (Wildman–Crippen LogP) is 0.991. The maximum atomic E-state index is 14.7. The first kappa shape index (κ1) is 27.3. The first-order valence-electron chi connectivity index (χ1n) is 11.6. The molecule has 0 spiro atoms. The van der Waals surface area contributed by atoms with Crippen molar-refractivity contribution in [3.8, 4) is 5.75 Å². The summed E-state index contributed by atoms with van der Waals surface area (Å²) < 4.78 is 70.9. The van der Waals surface area contributed by atoms with Gasteiger partial charge in [0.05, 0.1) is 23.1 Å². The molecular formula is C26H16F5NO8. The van der Waals surface area contributed by atoms with Crippen LogP contribution in [-0.4, -0.2) is 56.1 Å². The second-order valence-corrected chi connectivity index (χ2v) is 9.75. The number of benzene rings is 2. The Balaban J connectivity index is 1.81. The highest BCUT2D eigenvalue weighted by Crippen LogP contribution is 2.54. The zero-order valence-corrected chi connectivity index (χ0v) is 19.8. The van der Waals surface area contributed by atoms with Crippen molar-refractivity contribution in [2.45, 2.75) is 18.1 Å². The van der Waals surface area contributed by atoms with Crippen molar-refractivity contribution in [3.05, 3.63) is 64.0 Å². The lowest BCUT2D eigenvalue weighted by Crippen LogP contribution is -2.72. The monoisotopic (exact) mass is 565 g/mol. The molecule has 2 saturated carbocycles. The molecule has 0 saturated heterocycles. The number of nitrogens with two attached hydrogens (primary N) is 1. The number of aromatic hydroxyl groups is 1. The number of hydrogen-bond donors (Lipinski definition) is 4. The van der Waals surface area contributed by atoms with Crippen LogP contribution >= 0.6 is 0 Å². The Kier molecular flexibility index (Phi) is 6.04. The Morgan fingerprint density at radius 3 is 2.10 bits per heavy atom. The summed E-state index contributed by atoms with van der Waals surface area (Å²) in [6.07, 6.45) is -2.78. The number of fused-ring (bicyclic) bond motifs is 3. The van der Waals surface area contributed by atoms with E-state index in [9.17, 15) is 61.2 Å². The molecule has 40 heavy (non-hydrogen) atoms. The van der Waals surface area contributed by atoms with Gasteiger partial charge in [-0.2, -0.15) is 0 Å². The number of hydrogen-bond acceptors (Lipinski definition) is 8. The lowest BCUT2D eigenvalue weighted by Gasteiger charge is -2.51. The number of carbonyl (C=O) groups is 5. The summed E-state index contributed by atoms with van der Waals surface area (Å²) in [4.78, 5) is 64.5. The number of phenols is 1. The molecule has 0 aliphatic heterocycles. The molecule has 3 aliphatic rings. The number of aliphatic hydroxyl groups excluding tert-OH is 1. The Morgan fingerprint density at radius 2 is 1.52 bits per heavy atom. The Bertz CT molecular complexity index is 1590. The van der Waals surface area contributed by atoms with Gasteiger partial charge in [-0.15, -0.1) is 0 Å². The van der Waals surface area contributed by atoms with Crippen LogP contribution in [0.3, 0.4) is 0 Å². The summed E-state index contributed by atoms with van der Waals surface area (Å²) in [6, 6.07) is 3.22. The molecule has 6 atom stereocenters. The first-order chi connectivity index (χ1) is 18.7. The summed E-state index contributed by atoms with van der Waals surface area (Å²) in [5.74, 6) is -28.1. The van der Waals surface area contributed by atoms with Gasteiger partial charge in [0.15, 0.2) is 57.9 Å². The number of ketones is 4. The third-order valence-corrected chi connectivity index (χ3v) is 7.78. The minimum atomic E-state index is -3.29. The van der Waals surface area contributed by atoms with E-state index in [-0.39, 0.29) is 5.56 Å². The normalized spacial score (nSPS) is 30.7. The molecule has 5 N–H and O–H groups in total. The quantitative estimate of drug-likeness (QED) is 0.181. The number of halogens is 5. The Labute approximate surface area is 219 Å². The van der Waals surface area contributed by atoms with Crippen LogP contribution in [0.1, 0.15) is 27.9 Å². The van der Waals surface area contributed by atoms with E-state index in [1.807, 2.05) is 0 Å². The van der Waals surface area contributed by atoms with E-state index in [0.29, 0.717) is 6.08 Å². The van der Waals surface area contributed by atoms with Crippen LogP contribution in [0, 0.1) is 52.8 Å². The number of amides is 1. The topological polar surface area (TPSA) is 172 Å². The molecule has 2 fully saturated rings. The van der Waals surface area contributed by atoms with Crippen molar-refractivity contribution in [1.82, 2.24) is 0 Å². The minimum Gasteiger partial charge on any atom is -0.507 e. The van der Waals surface area contributed by atoms with Crippen LogP contribution in [0.15, 0.2) is 18.2 Å². The van der Waals surface area contributed by atoms with E-state index in [1.165, 1.54) is 0 Å². The predicted molar refractivity (Wildman–Crippen MR) is 120 cm³/mol. The highest BCUT2D eigenvalue weighted by Gasteiger charge is 2.69. The summed E-state index contributed by atoms with van der Waals surface area (Å²) >= 11 is 0. The van der Waals surface area contributed by atoms with Gasteiger partial charge in [-0.05, 0) is 23.3 Å². The van der Waals surface area contributed by atoms with Crippen molar-refractivity contribution in [2.75, 3.05) is 0 Å². The molecule has 5 rings (SSSR count). The molecule has 1 amide bonds. The number of carbonyl (C=O) groups excluding carboxylic acids is 5. The lowest BCUT2D eigenvalue weighted by atomic mass is 9.51. The van der Waals surface area contributed by atoms with Crippen LogP contribution in [0.5, 0.6) is 5.75 Å². The van der Waals surface area contributed by atoms with E-state index in [2.05, 4.69) is 0 Å². The van der Waals surface area contributed by atoms with Crippen molar-refractivity contribution in [3.63, 3.8) is 0 Å². The van der Waals surface area contributed by atoms with Crippen LogP contribution < -0.4 is 5.73 Å². The molecule has 14 heteroatoms. The number of phenolic OH excluding ortho intramolecular Hbond substituents is 1. The molecule has 3 aliphatic carbocycles. The molecule has 208 valence electrons. The van der Waals surface area contributed by atoms with Gasteiger partial charge in [-0.25, -0.2) is 22.0 Å². The van der Waals surface area contributed by atoms with Crippen molar-refractivity contribution in [2.24, 2.45) is 29.4 Å².